The molecule has 2 unspecified atom stereocenters. The molecule has 0 radical (unpaired) electrons. The Morgan fingerprint density at radius 2 is 1.77 bits per heavy atom. The highest BCUT2D eigenvalue weighted by molar-refractivity contribution is 8.03. The smallest absolute Gasteiger partial charge is 0.410 e. The van der Waals surface area contributed by atoms with Crippen LogP contribution in [0.4, 0.5) is 9.59 Å². The van der Waals surface area contributed by atoms with E-state index in [9.17, 15) is 29.1 Å². The maximum absolute atomic E-state index is 13.3. The lowest BCUT2D eigenvalue weighted by molar-refractivity contribution is -0.164. The monoisotopic (exact) mass is 651 g/mol. The Bertz CT molecular complexity index is 1190. The molecular formula is C29H41N5O8S2. The Morgan fingerprint density at radius 1 is 1.11 bits per heavy atom. The first-order valence-corrected chi connectivity index (χ1v) is 16.8. The number of urea groups is 1. The van der Waals surface area contributed by atoms with Crippen LogP contribution in [-0.2, 0) is 23.9 Å². The zero-order chi connectivity index (χ0) is 32.0. The average molecular weight is 652 g/mol. The number of nitrogens with zero attached hydrogens (tertiary/aromatic N) is 3. The number of thioether (sulfide) groups is 2. The van der Waals surface area contributed by atoms with E-state index in [-0.39, 0.29) is 74.0 Å². The zero-order valence-corrected chi connectivity index (χ0v) is 26.7. The van der Waals surface area contributed by atoms with E-state index in [1.54, 1.807) is 23.6 Å². The van der Waals surface area contributed by atoms with Gasteiger partial charge < -0.3 is 35.0 Å². The quantitative estimate of drug-likeness (QED) is 0.121. The SMILES string of the molecule is C=CCOC(=O)C1=C(S[C@H]2C[C@@H](C(=O)NCCNC(=O)N3CCSCC3)N(C(=O)OCC=C)C2)[C@H](C)C2C([C@@H](C)O)C(=O)N12. The molecule has 15 heteroatoms. The zero-order valence-electron chi connectivity index (χ0n) is 25.1. The number of amides is 5. The van der Waals surface area contributed by atoms with Gasteiger partial charge in [0.05, 0.1) is 18.1 Å². The van der Waals surface area contributed by atoms with Crippen molar-refractivity contribution >= 4 is 53.4 Å². The number of carbonyl (C=O) groups is 5. The lowest BCUT2D eigenvalue weighted by Crippen LogP contribution is -2.63. The van der Waals surface area contributed by atoms with Gasteiger partial charge in [0.2, 0.25) is 11.8 Å². The Morgan fingerprint density at radius 3 is 2.43 bits per heavy atom. The van der Waals surface area contributed by atoms with Gasteiger partial charge in [-0.1, -0.05) is 32.2 Å². The van der Waals surface area contributed by atoms with E-state index in [1.165, 1.54) is 33.7 Å². The van der Waals surface area contributed by atoms with Crippen LogP contribution >= 0.6 is 23.5 Å². The van der Waals surface area contributed by atoms with Crippen molar-refractivity contribution in [2.24, 2.45) is 11.8 Å². The van der Waals surface area contributed by atoms with Crippen molar-refractivity contribution in [3.05, 3.63) is 35.9 Å². The second-order valence-corrected chi connectivity index (χ2v) is 13.6. The van der Waals surface area contributed by atoms with E-state index in [0.717, 1.165) is 11.5 Å². The molecule has 3 saturated heterocycles. The largest absolute Gasteiger partial charge is 0.457 e. The number of hydrogen-bond donors (Lipinski definition) is 3. The molecule has 0 aromatic carbocycles. The fourth-order valence-electron chi connectivity index (χ4n) is 5.95. The van der Waals surface area contributed by atoms with E-state index in [1.807, 2.05) is 6.92 Å². The Hall–Kier alpha value is -3.17. The molecule has 0 aliphatic carbocycles. The number of aliphatic hydroxyl groups is 1. The van der Waals surface area contributed by atoms with Crippen LogP contribution in [0.5, 0.6) is 0 Å². The summed E-state index contributed by atoms with van der Waals surface area (Å²) in [6, 6.07) is -1.42. The molecule has 4 aliphatic rings. The van der Waals surface area contributed by atoms with Gasteiger partial charge in [0.25, 0.3) is 0 Å². The van der Waals surface area contributed by atoms with Crippen LogP contribution in [0.1, 0.15) is 20.3 Å². The first kappa shape index (κ1) is 33.7. The van der Waals surface area contributed by atoms with Crippen molar-refractivity contribution in [3.8, 4) is 0 Å². The van der Waals surface area contributed by atoms with Gasteiger partial charge in [-0.3, -0.25) is 14.5 Å². The van der Waals surface area contributed by atoms with Crippen molar-refractivity contribution < 1.29 is 38.6 Å². The highest BCUT2D eigenvalue weighted by Crippen LogP contribution is 2.52. The molecule has 0 spiro atoms. The maximum atomic E-state index is 13.3. The number of β-lactam (4-membered cyclic amide) rings is 1. The van der Waals surface area contributed by atoms with E-state index in [2.05, 4.69) is 23.8 Å². The van der Waals surface area contributed by atoms with Gasteiger partial charge in [-0.15, -0.1) is 11.8 Å². The van der Waals surface area contributed by atoms with E-state index >= 15 is 0 Å². The minimum atomic E-state index is -0.890. The molecule has 5 amide bonds. The van der Waals surface area contributed by atoms with Crippen LogP contribution in [0.25, 0.3) is 0 Å². The number of nitrogens with one attached hydrogen (secondary N) is 2. The molecule has 242 valence electrons. The topological polar surface area (TPSA) is 158 Å². The average Bonchev–Trinajstić information content (AvgIpc) is 3.54. The molecule has 0 bridgehead atoms. The van der Waals surface area contributed by atoms with Crippen LogP contribution in [0, 0.1) is 11.8 Å². The van der Waals surface area contributed by atoms with Crippen molar-refractivity contribution in [2.45, 2.75) is 43.7 Å². The first-order valence-electron chi connectivity index (χ1n) is 14.7. The highest BCUT2D eigenvalue weighted by Gasteiger charge is 2.60. The van der Waals surface area contributed by atoms with Crippen LogP contribution < -0.4 is 10.6 Å². The van der Waals surface area contributed by atoms with Gasteiger partial charge in [-0.25, -0.2) is 14.4 Å². The number of ether oxygens (including phenoxy) is 2. The summed E-state index contributed by atoms with van der Waals surface area (Å²) in [5.74, 6) is -0.536. The molecule has 0 saturated carbocycles. The predicted octanol–water partition coefficient (Wildman–Crippen LogP) is 1.16. The van der Waals surface area contributed by atoms with Crippen LogP contribution in [0.3, 0.4) is 0 Å². The molecule has 3 fully saturated rings. The van der Waals surface area contributed by atoms with Gasteiger partial charge in [0.1, 0.15) is 25.0 Å². The van der Waals surface area contributed by atoms with Crippen molar-refractivity contribution in [1.82, 2.24) is 25.3 Å². The van der Waals surface area contributed by atoms with E-state index in [4.69, 9.17) is 9.47 Å². The second kappa shape index (κ2) is 15.2. The van der Waals surface area contributed by atoms with Crippen molar-refractivity contribution in [1.29, 1.82) is 0 Å². The van der Waals surface area contributed by atoms with Crippen molar-refractivity contribution in [2.75, 3.05) is 57.4 Å². The Labute approximate surface area is 265 Å². The summed E-state index contributed by atoms with van der Waals surface area (Å²) in [4.78, 5) is 69.8. The molecule has 3 N–H and O–H groups in total. The molecule has 0 aromatic rings. The van der Waals surface area contributed by atoms with Crippen LogP contribution in [0.15, 0.2) is 35.9 Å². The van der Waals surface area contributed by atoms with Crippen LogP contribution in [-0.4, -0.2) is 131 Å². The van der Waals surface area contributed by atoms with Gasteiger partial charge in [-0.05, 0) is 13.3 Å². The molecule has 4 heterocycles. The summed E-state index contributed by atoms with van der Waals surface area (Å²) in [5, 5.41) is 15.6. The summed E-state index contributed by atoms with van der Waals surface area (Å²) in [6.45, 7) is 12.5. The molecule has 6 atom stereocenters. The first-order chi connectivity index (χ1) is 21.1. The van der Waals surface area contributed by atoms with Crippen LogP contribution in [0.2, 0.25) is 0 Å². The molecule has 44 heavy (non-hydrogen) atoms. The predicted molar refractivity (Wildman–Crippen MR) is 166 cm³/mol. The standard InChI is InChI=1S/C29H41N5O8S2/c1-5-11-41-27(38)23-24(17(3)22-21(18(4)35)26(37)34(22)23)44-19-15-20(33(16-19)29(40)42-12-6-2)25(36)30-7-8-31-28(39)32-9-13-43-14-10-32/h5-6,17-22,35H,1-2,7-16H2,3-4H3,(H,30,36)(H,31,39)/t17-,18-,19+,20+,21?,22?/m1/s1. The second-order valence-electron chi connectivity index (χ2n) is 11.0. The minimum absolute atomic E-state index is 0.0243. The molecular weight excluding hydrogens is 610 g/mol. The minimum Gasteiger partial charge on any atom is -0.457 e. The fourth-order valence-corrected chi connectivity index (χ4v) is 8.37. The van der Waals surface area contributed by atoms with Gasteiger partial charge >= 0.3 is 18.1 Å². The highest BCUT2D eigenvalue weighted by atomic mass is 32.2. The number of carbonyl (C=O) groups excluding carboxylic acids is 5. The number of hydrogen-bond acceptors (Lipinski definition) is 10. The summed E-state index contributed by atoms with van der Waals surface area (Å²) in [5.41, 5.74) is 0.132. The lowest BCUT2D eigenvalue weighted by atomic mass is 9.79. The summed E-state index contributed by atoms with van der Waals surface area (Å²) in [7, 11) is 0. The maximum Gasteiger partial charge on any atom is 0.410 e. The number of fused-ring (bicyclic) bond motifs is 1. The van der Waals surface area contributed by atoms with Crippen molar-refractivity contribution in [3.63, 3.8) is 0 Å². The van der Waals surface area contributed by atoms with Gasteiger partial charge in [0.15, 0.2) is 0 Å². The summed E-state index contributed by atoms with van der Waals surface area (Å²) in [6.07, 6.45) is 1.57. The van der Waals surface area contributed by atoms with Gasteiger partial charge in [0, 0.05) is 60.3 Å². The lowest BCUT2D eigenvalue weighted by Gasteiger charge is -2.46. The summed E-state index contributed by atoms with van der Waals surface area (Å²) >= 11 is 3.14. The fraction of sp³-hybridized carbons (Fsp3) is 0.621. The van der Waals surface area contributed by atoms with E-state index in [0.29, 0.717) is 18.0 Å². The Kier molecular flexibility index (Phi) is 11.7. The number of likely N-dealkylation sites (tertiary alicyclic amines) is 1. The third-order valence-corrected chi connectivity index (χ3v) is 10.5. The van der Waals surface area contributed by atoms with E-state index < -0.39 is 36.2 Å². The number of aliphatic hydroxyl groups excluding tert-OH is 1. The van der Waals surface area contributed by atoms with Gasteiger partial charge in [-0.2, -0.15) is 11.8 Å². The molecule has 4 aliphatic heterocycles. The molecule has 4 rings (SSSR count). The Balaban J connectivity index is 1.45. The third kappa shape index (κ3) is 7.20. The number of rotatable bonds is 12. The third-order valence-electron chi connectivity index (χ3n) is 8.05. The molecule has 13 nitrogen and oxygen atoms in total. The number of esters is 1. The normalized spacial score (nSPS) is 26.8. The molecule has 0 aromatic heterocycles. The summed E-state index contributed by atoms with van der Waals surface area (Å²) < 4.78 is 10.6.